The van der Waals surface area contributed by atoms with E-state index < -0.39 is 11.5 Å². The number of Topliss-reactive ketones (excluding diaryl/α,β-unsaturated/α-hetero) is 1. The fourth-order valence-corrected chi connectivity index (χ4v) is 2.33. The van der Waals surface area contributed by atoms with Gasteiger partial charge in [-0.05, 0) is 13.3 Å². The molecule has 0 bridgehead atoms. The molecule has 1 unspecified atom stereocenters. The van der Waals surface area contributed by atoms with Crippen molar-refractivity contribution in [3.8, 4) is 0 Å². The van der Waals surface area contributed by atoms with Gasteiger partial charge in [-0.15, -0.1) is 0 Å². The Balaban J connectivity index is 3.41. The summed E-state index contributed by atoms with van der Waals surface area (Å²) in [5.74, 6) is -1.61. The van der Waals surface area contributed by atoms with Crippen LogP contribution < -0.4 is 5.73 Å². The Bertz CT molecular complexity index is 300. The van der Waals surface area contributed by atoms with Crippen molar-refractivity contribution in [2.45, 2.75) is 96.4 Å². The van der Waals surface area contributed by atoms with Crippen molar-refractivity contribution in [2.24, 2.45) is 5.73 Å². The van der Waals surface area contributed by atoms with Crippen molar-refractivity contribution in [3.63, 3.8) is 0 Å². The molecule has 0 aliphatic heterocycles. The third-order valence-electron chi connectivity index (χ3n) is 4.03. The number of rotatable bonds is 14. The molecule has 0 aromatic rings. The zero-order valence-electron chi connectivity index (χ0n) is 13.8. The molecular weight excluding hydrogens is 266 g/mol. The maximum atomic E-state index is 11.7. The van der Waals surface area contributed by atoms with Crippen molar-refractivity contribution >= 4 is 11.8 Å². The lowest BCUT2D eigenvalue weighted by atomic mass is 9.93. The monoisotopic (exact) mass is 299 g/mol. The highest BCUT2D eigenvalue weighted by Gasteiger charge is 2.35. The minimum absolute atomic E-state index is 0.274. The first kappa shape index (κ1) is 20.1. The van der Waals surface area contributed by atoms with E-state index in [-0.39, 0.29) is 12.2 Å². The lowest BCUT2D eigenvalue weighted by Gasteiger charge is -2.17. The van der Waals surface area contributed by atoms with Crippen LogP contribution in [0.2, 0.25) is 0 Å². The smallest absolute Gasteiger partial charge is 0.331 e. The summed E-state index contributed by atoms with van der Waals surface area (Å²) in [6.45, 7) is 3.50. The van der Waals surface area contributed by atoms with Crippen LogP contribution >= 0.6 is 0 Å². The molecule has 0 fully saturated rings. The third-order valence-corrected chi connectivity index (χ3v) is 4.03. The molecule has 0 radical (unpaired) electrons. The molecule has 0 aromatic carbocycles. The number of ketones is 1. The maximum Gasteiger partial charge on any atom is 0.331 e. The molecule has 0 rings (SSSR count). The summed E-state index contributed by atoms with van der Waals surface area (Å²) in [5, 5.41) is 8.84. The van der Waals surface area contributed by atoms with Gasteiger partial charge in [0.15, 0.2) is 11.3 Å². The van der Waals surface area contributed by atoms with E-state index >= 15 is 0 Å². The van der Waals surface area contributed by atoms with Crippen molar-refractivity contribution in [1.82, 2.24) is 0 Å². The molecule has 0 aromatic heterocycles. The molecule has 4 heteroatoms. The number of carbonyl (C=O) groups excluding carboxylic acids is 1. The topological polar surface area (TPSA) is 80.4 Å². The first-order valence-electron chi connectivity index (χ1n) is 8.48. The number of aliphatic carboxylic acids is 1. The predicted octanol–water partition coefficient (Wildman–Crippen LogP) is 4.06. The van der Waals surface area contributed by atoms with Crippen LogP contribution in [0.3, 0.4) is 0 Å². The highest BCUT2D eigenvalue weighted by atomic mass is 16.4. The van der Waals surface area contributed by atoms with Gasteiger partial charge in [0.2, 0.25) is 0 Å². The standard InChI is InChI=1S/C17H33NO3/c1-3-4-5-6-7-8-9-10-11-12-13-14-15(19)17(2,18)16(20)21/h3-14,18H2,1-2H3,(H,20,21). The van der Waals surface area contributed by atoms with E-state index in [1.165, 1.54) is 58.3 Å². The van der Waals surface area contributed by atoms with Gasteiger partial charge >= 0.3 is 5.97 Å². The van der Waals surface area contributed by atoms with Crippen LogP contribution in [0.15, 0.2) is 0 Å². The molecule has 0 spiro atoms. The van der Waals surface area contributed by atoms with E-state index in [9.17, 15) is 9.59 Å². The van der Waals surface area contributed by atoms with E-state index in [1.54, 1.807) is 0 Å². The lowest BCUT2D eigenvalue weighted by molar-refractivity contribution is -0.147. The molecule has 3 N–H and O–H groups in total. The van der Waals surface area contributed by atoms with Crippen molar-refractivity contribution in [1.29, 1.82) is 0 Å². The van der Waals surface area contributed by atoms with Gasteiger partial charge in [0.25, 0.3) is 0 Å². The van der Waals surface area contributed by atoms with Gasteiger partial charge in [-0.2, -0.15) is 0 Å². The normalized spacial score (nSPS) is 13.9. The summed E-state index contributed by atoms with van der Waals surface area (Å²) < 4.78 is 0. The van der Waals surface area contributed by atoms with Gasteiger partial charge in [0, 0.05) is 6.42 Å². The van der Waals surface area contributed by atoms with Crippen LogP contribution in [-0.4, -0.2) is 22.4 Å². The molecule has 21 heavy (non-hydrogen) atoms. The highest BCUT2D eigenvalue weighted by molar-refractivity contribution is 6.06. The minimum Gasteiger partial charge on any atom is -0.480 e. The summed E-state index contributed by atoms with van der Waals surface area (Å²) in [6.07, 6.45) is 13.6. The van der Waals surface area contributed by atoms with Crippen molar-refractivity contribution < 1.29 is 14.7 Å². The second kappa shape index (κ2) is 11.7. The fraction of sp³-hybridized carbons (Fsp3) is 0.882. The van der Waals surface area contributed by atoms with Crippen LogP contribution in [0.1, 0.15) is 90.9 Å². The molecule has 0 heterocycles. The van der Waals surface area contributed by atoms with Gasteiger partial charge in [-0.1, -0.05) is 71.1 Å². The van der Waals surface area contributed by atoms with Gasteiger partial charge in [-0.3, -0.25) is 4.79 Å². The molecule has 1 atom stereocenters. The summed E-state index contributed by atoms with van der Waals surface area (Å²) in [4.78, 5) is 22.5. The molecule has 0 saturated carbocycles. The molecule has 0 aliphatic rings. The first-order chi connectivity index (χ1) is 9.92. The number of nitrogens with two attached hydrogens (primary N) is 1. The number of unbranched alkanes of at least 4 members (excludes halogenated alkanes) is 10. The Morgan fingerprint density at radius 1 is 0.857 bits per heavy atom. The summed E-state index contributed by atoms with van der Waals surface area (Å²) in [5.41, 5.74) is 3.76. The fourth-order valence-electron chi connectivity index (χ4n) is 2.33. The Labute approximate surface area is 129 Å². The largest absolute Gasteiger partial charge is 0.480 e. The SMILES string of the molecule is CCCCCCCCCCCCCC(=O)C(C)(N)C(=O)O. The number of carbonyl (C=O) groups is 2. The summed E-state index contributed by atoms with van der Waals surface area (Å²) >= 11 is 0. The maximum absolute atomic E-state index is 11.7. The third kappa shape index (κ3) is 9.62. The van der Waals surface area contributed by atoms with Crippen LogP contribution in [0.4, 0.5) is 0 Å². The van der Waals surface area contributed by atoms with E-state index in [4.69, 9.17) is 10.8 Å². The molecule has 4 nitrogen and oxygen atoms in total. The van der Waals surface area contributed by atoms with E-state index in [0.29, 0.717) is 0 Å². The number of hydrogen-bond acceptors (Lipinski definition) is 3. The van der Waals surface area contributed by atoms with Gasteiger partial charge in [0.05, 0.1) is 0 Å². The number of carboxylic acid groups (broad SMARTS) is 1. The second-order valence-electron chi connectivity index (χ2n) is 6.22. The Hall–Kier alpha value is -0.900. The second-order valence-corrected chi connectivity index (χ2v) is 6.22. The molecule has 124 valence electrons. The number of hydrogen-bond donors (Lipinski definition) is 2. The van der Waals surface area contributed by atoms with Gasteiger partial charge in [0.1, 0.15) is 0 Å². The average Bonchev–Trinajstić information content (AvgIpc) is 2.44. The quantitative estimate of drug-likeness (QED) is 0.374. The average molecular weight is 299 g/mol. The Morgan fingerprint density at radius 3 is 1.62 bits per heavy atom. The molecule has 0 saturated heterocycles. The molecule has 0 aliphatic carbocycles. The highest BCUT2D eigenvalue weighted by Crippen LogP contribution is 2.13. The number of carboxylic acids is 1. The van der Waals surface area contributed by atoms with Crippen molar-refractivity contribution in [2.75, 3.05) is 0 Å². The van der Waals surface area contributed by atoms with E-state index in [2.05, 4.69) is 6.92 Å². The van der Waals surface area contributed by atoms with Crippen molar-refractivity contribution in [3.05, 3.63) is 0 Å². The minimum atomic E-state index is -1.72. The van der Waals surface area contributed by atoms with Gasteiger partial charge in [-0.25, -0.2) is 4.79 Å². The zero-order chi connectivity index (χ0) is 16.1. The summed E-state index contributed by atoms with van der Waals surface area (Å²) in [7, 11) is 0. The van der Waals surface area contributed by atoms with Crippen LogP contribution in [0, 0.1) is 0 Å². The molecule has 0 amide bonds. The summed E-state index contributed by atoms with van der Waals surface area (Å²) in [6, 6.07) is 0. The Kier molecular flexibility index (Phi) is 11.2. The van der Waals surface area contributed by atoms with Crippen LogP contribution in [0.5, 0.6) is 0 Å². The Morgan fingerprint density at radius 2 is 1.24 bits per heavy atom. The lowest BCUT2D eigenvalue weighted by Crippen LogP contribution is -2.52. The van der Waals surface area contributed by atoms with Crippen LogP contribution in [-0.2, 0) is 9.59 Å². The van der Waals surface area contributed by atoms with Gasteiger partial charge < -0.3 is 10.8 Å². The van der Waals surface area contributed by atoms with E-state index in [1.807, 2.05) is 0 Å². The predicted molar refractivity (Wildman–Crippen MR) is 86.3 cm³/mol. The van der Waals surface area contributed by atoms with Crippen LogP contribution in [0.25, 0.3) is 0 Å². The van der Waals surface area contributed by atoms with E-state index in [0.717, 1.165) is 19.3 Å². The molecular formula is C17H33NO3. The zero-order valence-corrected chi connectivity index (χ0v) is 13.8. The first-order valence-corrected chi connectivity index (χ1v) is 8.48.